The first-order valence-electron chi connectivity index (χ1n) is 6.26. The maximum absolute atomic E-state index is 13.9. The summed E-state index contributed by atoms with van der Waals surface area (Å²) in [6, 6.07) is 2.87. The normalized spacial score (nSPS) is 17.6. The monoisotopic (exact) mass is 305 g/mol. The minimum Gasteiger partial charge on any atom is -0.317 e. The number of sulfone groups is 1. The van der Waals surface area contributed by atoms with Crippen molar-refractivity contribution >= 4 is 21.4 Å². The van der Waals surface area contributed by atoms with Crippen molar-refractivity contribution in [2.45, 2.75) is 24.2 Å². The molecule has 6 heteroatoms. The van der Waals surface area contributed by atoms with E-state index in [-0.39, 0.29) is 5.02 Å². The smallest absolute Gasteiger partial charge is 0.179 e. The fourth-order valence-electron chi connectivity index (χ4n) is 2.50. The van der Waals surface area contributed by atoms with Crippen LogP contribution in [0.2, 0.25) is 5.02 Å². The lowest BCUT2D eigenvalue weighted by Crippen LogP contribution is -2.28. The molecule has 1 N–H and O–H groups in total. The quantitative estimate of drug-likeness (QED) is 0.933. The highest BCUT2D eigenvalue weighted by Gasteiger charge is 2.21. The molecule has 0 aromatic heterocycles. The highest BCUT2D eigenvalue weighted by Crippen LogP contribution is 2.28. The van der Waals surface area contributed by atoms with Gasteiger partial charge < -0.3 is 5.32 Å². The van der Waals surface area contributed by atoms with Gasteiger partial charge in [0.15, 0.2) is 9.84 Å². The van der Waals surface area contributed by atoms with Crippen LogP contribution in [0.3, 0.4) is 0 Å². The lowest BCUT2D eigenvalue weighted by atomic mass is 9.91. The van der Waals surface area contributed by atoms with Crippen molar-refractivity contribution in [1.29, 1.82) is 0 Å². The van der Waals surface area contributed by atoms with E-state index in [0.717, 1.165) is 44.2 Å². The van der Waals surface area contributed by atoms with Crippen LogP contribution < -0.4 is 5.32 Å². The van der Waals surface area contributed by atoms with Crippen LogP contribution in [0.25, 0.3) is 0 Å². The number of hydrogen-bond acceptors (Lipinski definition) is 3. The van der Waals surface area contributed by atoms with Crippen molar-refractivity contribution in [3.05, 3.63) is 28.5 Å². The van der Waals surface area contributed by atoms with E-state index in [9.17, 15) is 12.8 Å². The average Bonchev–Trinajstić information content (AvgIpc) is 2.27. The van der Waals surface area contributed by atoms with Crippen LogP contribution in [-0.2, 0) is 16.3 Å². The molecule has 1 saturated heterocycles. The van der Waals surface area contributed by atoms with E-state index in [1.165, 1.54) is 6.07 Å². The Balaban J connectivity index is 2.24. The Morgan fingerprint density at radius 1 is 1.37 bits per heavy atom. The minimum absolute atomic E-state index is 0.0218. The molecule has 0 aliphatic carbocycles. The predicted octanol–water partition coefficient (Wildman–Crippen LogP) is 2.42. The maximum atomic E-state index is 13.9. The summed E-state index contributed by atoms with van der Waals surface area (Å²) < 4.78 is 36.8. The van der Waals surface area contributed by atoms with Crippen LogP contribution in [0.15, 0.2) is 17.0 Å². The second kappa shape index (κ2) is 5.77. The summed E-state index contributed by atoms with van der Waals surface area (Å²) in [5, 5.41) is 3.25. The molecular formula is C13H17ClFNO2S. The number of rotatable bonds is 3. The molecule has 0 atom stereocenters. The minimum atomic E-state index is -3.63. The molecule has 0 bridgehead atoms. The summed E-state index contributed by atoms with van der Waals surface area (Å²) in [6.45, 7) is 1.95. The van der Waals surface area contributed by atoms with Crippen molar-refractivity contribution in [2.75, 3.05) is 19.3 Å². The Morgan fingerprint density at radius 2 is 2.00 bits per heavy atom. The Hall–Kier alpha value is -0.650. The van der Waals surface area contributed by atoms with Crippen LogP contribution >= 0.6 is 11.6 Å². The van der Waals surface area contributed by atoms with Crippen LogP contribution in [-0.4, -0.2) is 27.8 Å². The molecule has 106 valence electrons. The van der Waals surface area contributed by atoms with Gasteiger partial charge in [0.25, 0.3) is 0 Å². The predicted molar refractivity (Wildman–Crippen MR) is 73.8 cm³/mol. The van der Waals surface area contributed by atoms with Gasteiger partial charge in [-0.2, -0.15) is 0 Å². The van der Waals surface area contributed by atoms with Gasteiger partial charge in [0.1, 0.15) is 10.7 Å². The van der Waals surface area contributed by atoms with Crippen molar-refractivity contribution in [3.8, 4) is 0 Å². The maximum Gasteiger partial charge on any atom is 0.179 e. The van der Waals surface area contributed by atoms with E-state index < -0.39 is 20.5 Å². The van der Waals surface area contributed by atoms with E-state index >= 15 is 0 Å². The molecule has 1 aromatic rings. The van der Waals surface area contributed by atoms with E-state index in [2.05, 4.69) is 5.32 Å². The molecule has 0 spiro atoms. The second-order valence-corrected chi connectivity index (χ2v) is 7.42. The third kappa shape index (κ3) is 3.68. The van der Waals surface area contributed by atoms with Gasteiger partial charge in [-0.3, -0.25) is 0 Å². The Kier molecular flexibility index (Phi) is 4.48. The molecule has 3 nitrogen and oxygen atoms in total. The summed E-state index contributed by atoms with van der Waals surface area (Å²) in [4.78, 5) is -0.400. The molecule has 1 aliphatic rings. The lowest BCUT2D eigenvalue weighted by molar-refractivity contribution is 0.372. The number of halogens is 2. The first-order valence-corrected chi connectivity index (χ1v) is 8.53. The molecule has 19 heavy (non-hydrogen) atoms. The van der Waals surface area contributed by atoms with Crippen molar-refractivity contribution in [2.24, 2.45) is 5.92 Å². The summed E-state index contributed by atoms with van der Waals surface area (Å²) in [5.41, 5.74) is 0.766. The van der Waals surface area contributed by atoms with Crippen LogP contribution in [0.5, 0.6) is 0 Å². The van der Waals surface area contributed by atoms with Gasteiger partial charge >= 0.3 is 0 Å². The van der Waals surface area contributed by atoms with Gasteiger partial charge in [0.2, 0.25) is 0 Å². The zero-order chi connectivity index (χ0) is 14.0. The average molecular weight is 306 g/mol. The molecule has 1 heterocycles. The number of nitrogens with one attached hydrogen (secondary N) is 1. The highest BCUT2D eigenvalue weighted by atomic mass is 35.5. The van der Waals surface area contributed by atoms with E-state index in [1.54, 1.807) is 6.07 Å². The summed E-state index contributed by atoms with van der Waals surface area (Å²) in [6.07, 6.45) is 3.80. The van der Waals surface area contributed by atoms with Gasteiger partial charge in [-0.25, -0.2) is 12.8 Å². The van der Waals surface area contributed by atoms with Crippen molar-refractivity contribution < 1.29 is 12.8 Å². The van der Waals surface area contributed by atoms with Gasteiger partial charge in [-0.05, 0) is 56.0 Å². The van der Waals surface area contributed by atoms with Crippen LogP contribution in [0.1, 0.15) is 18.4 Å². The zero-order valence-electron chi connectivity index (χ0n) is 10.7. The number of hydrogen-bond donors (Lipinski definition) is 1. The molecule has 1 aliphatic heterocycles. The third-order valence-electron chi connectivity index (χ3n) is 3.41. The van der Waals surface area contributed by atoms with Gasteiger partial charge in [-0.15, -0.1) is 0 Å². The van der Waals surface area contributed by atoms with Crippen LogP contribution in [0, 0.1) is 11.7 Å². The number of piperidine rings is 1. The lowest BCUT2D eigenvalue weighted by Gasteiger charge is -2.22. The first-order chi connectivity index (χ1) is 8.88. The summed E-state index contributed by atoms with van der Waals surface area (Å²) >= 11 is 5.91. The fraction of sp³-hybridized carbons (Fsp3) is 0.538. The summed E-state index contributed by atoms with van der Waals surface area (Å²) in [5.74, 6) is -0.250. The Bertz CT molecular complexity index is 545. The fourth-order valence-corrected chi connectivity index (χ4v) is 3.98. The second-order valence-electron chi connectivity index (χ2n) is 5.06. The molecule has 2 rings (SSSR count). The molecule has 0 radical (unpaired) electrons. The van der Waals surface area contributed by atoms with Crippen molar-refractivity contribution in [3.63, 3.8) is 0 Å². The standard InChI is InChI=1S/C13H17ClFNO2S/c1-19(17,18)13-11(14)7-10(8-12(13)15)6-9-2-4-16-5-3-9/h7-9,16H,2-6H2,1H3. The molecular weight excluding hydrogens is 289 g/mol. The molecule has 0 amide bonds. The molecule has 1 fully saturated rings. The van der Waals surface area contributed by atoms with E-state index in [1.807, 2.05) is 0 Å². The van der Waals surface area contributed by atoms with E-state index in [4.69, 9.17) is 11.6 Å². The molecule has 0 unspecified atom stereocenters. The third-order valence-corrected chi connectivity index (χ3v) is 4.98. The number of benzene rings is 1. The highest BCUT2D eigenvalue weighted by molar-refractivity contribution is 7.90. The molecule has 1 aromatic carbocycles. The first kappa shape index (κ1) is 14.8. The van der Waals surface area contributed by atoms with Gasteiger partial charge in [-0.1, -0.05) is 11.6 Å². The summed E-state index contributed by atoms with van der Waals surface area (Å²) in [7, 11) is -3.63. The van der Waals surface area contributed by atoms with Gasteiger partial charge in [0, 0.05) is 6.26 Å². The Labute approximate surface area is 118 Å². The van der Waals surface area contributed by atoms with Crippen LogP contribution in [0.4, 0.5) is 4.39 Å². The SMILES string of the molecule is CS(=O)(=O)c1c(F)cc(CC2CCNCC2)cc1Cl. The van der Waals surface area contributed by atoms with E-state index in [0.29, 0.717) is 5.92 Å². The largest absolute Gasteiger partial charge is 0.317 e. The molecule has 0 saturated carbocycles. The topological polar surface area (TPSA) is 46.2 Å². The zero-order valence-corrected chi connectivity index (χ0v) is 12.3. The Morgan fingerprint density at radius 3 is 2.53 bits per heavy atom. The van der Waals surface area contributed by atoms with Crippen molar-refractivity contribution in [1.82, 2.24) is 5.32 Å². The van der Waals surface area contributed by atoms with Gasteiger partial charge in [0.05, 0.1) is 5.02 Å².